The number of hydrogen-bond acceptors (Lipinski definition) is 4. The zero-order valence-electron chi connectivity index (χ0n) is 12.6. The highest BCUT2D eigenvalue weighted by atomic mass is 15.0. The minimum absolute atomic E-state index is 0.378. The molecule has 0 atom stereocenters. The zero-order valence-corrected chi connectivity index (χ0v) is 12.6. The van der Waals surface area contributed by atoms with Crippen LogP contribution >= 0.6 is 0 Å². The molecule has 0 fully saturated rings. The van der Waals surface area contributed by atoms with Gasteiger partial charge in [0.25, 0.3) is 0 Å². The van der Waals surface area contributed by atoms with Crippen molar-refractivity contribution in [3.63, 3.8) is 0 Å². The number of hydrogen-bond donors (Lipinski definition) is 1. The van der Waals surface area contributed by atoms with E-state index in [9.17, 15) is 0 Å². The number of anilines is 1. The third kappa shape index (κ3) is 3.13. The van der Waals surface area contributed by atoms with Gasteiger partial charge in [-0.15, -0.1) is 0 Å². The van der Waals surface area contributed by atoms with Crippen molar-refractivity contribution in [2.75, 3.05) is 12.4 Å². The lowest BCUT2D eigenvalue weighted by atomic mass is 9.99. The average molecular weight is 270 g/mol. The van der Waals surface area contributed by atoms with Crippen LogP contribution in [0, 0.1) is 0 Å². The van der Waals surface area contributed by atoms with Crippen LogP contribution in [-0.2, 0) is 12.8 Å². The lowest BCUT2D eigenvalue weighted by Gasteiger charge is -2.15. The van der Waals surface area contributed by atoms with Gasteiger partial charge in [-0.2, -0.15) is 0 Å². The number of aryl methyl sites for hydroxylation is 1. The van der Waals surface area contributed by atoms with E-state index in [1.807, 2.05) is 13.2 Å². The first kappa shape index (κ1) is 14.4. The molecule has 2 rings (SSSR count). The molecule has 2 heterocycles. The number of nitrogens with zero attached hydrogens (tertiary/aromatic N) is 3. The van der Waals surface area contributed by atoms with E-state index < -0.39 is 0 Å². The maximum absolute atomic E-state index is 4.52. The summed E-state index contributed by atoms with van der Waals surface area (Å²) in [5.41, 5.74) is 4.54. The molecular weight excluding hydrogens is 248 g/mol. The predicted octanol–water partition coefficient (Wildman–Crippen LogP) is 3.19. The molecule has 0 radical (unpaired) electrons. The normalized spacial score (nSPS) is 10.8. The second-order valence-electron chi connectivity index (χ2n) is 5.18. The van der Waals surface area contributed by atoms with Crippen molar-refractivity contribution in [2.24, 2.45) is 0 Å². The smallest absolute Gasteiger partial charge is 0.132 e. The molecule has 0 amide bonds. The standard InChI is InChI=1S/C16H22N4/c1-5-12-6-7-13(18-9-12)8-14-15(11(2)3)16(17-4)20-10-19-14/h6-7,9-11H,5,8H2,1-4H3,(H,17,19,20). The summed E-state index contributed by atoms with van der Waals surface area (Å²) in [6, 6.07) is 4.22. The lowest BCUT2D eigenvalue weighted by molar-refractivity contribution is 0.814. The molecule has 0 saturated heterocycles. The topological polar surface area (TPSA) is 50.7 Å². The Morgan fingerprint density at radius 3 is 2.50 bits per heavy atom. The van der Waals surface area contributed by atoms with Gasteiger partial charge < -0.3 is 5.32 Å². The van der Waals surface area contributed by atoms with Gasteiger partial charge in [0.05, 0.1) is 5.69 Å². The Hall–Kier alpha value is -1.97. The first-order valence-electron chi connectivity index (χ1n) is 7.11. The maximum Gasteiger partial charge on any atom is 0.132 e. The molecule has 0 spiro atoms. The molecule has 20 heavy (non-hydrogen) atoms. The quantitative estimate of drug-likeness (QED) is 0.906. The molecule has 0 aromatic carbocycles. The van der Waals surface area contributed by atoms with Crippen LogP contribution in [0.3, 0.4) is 0 Å². The summed E-state index contributed by atoms with van der Waals surface area (Å²) in [5, 5.41) is 3.15. The summed E-state index contributed by atoms with van der Waals surface area (Å²) in [5.74, 6) is 1.29. The summed E-state index contributed by atoms with van der Waals surface area (Å²) in [6.07, 6.45) is 5.33. The Balaban J connectivity index is 2.32. The maximum atomic E-state index is 4.52. The van der Waals surface area contributed by atoms with E-state index in [0.717, 1.165) is 30.0 Å². The number of aromatic nitrogens is 3. The zero-order chi connectivity index (χ0) is 14.5. The molecule has 0 aliphatic carbocycles. The van der Waals surface area contributed by atoms with Gasteiger partial charge in [-0.1, -0.05) is 26.8 Å². The molecule has 0 saturated carbocycles. The number of pyridine rings is 1. The van der Waals surface area contributed by atoms with Crippen LogP contribution in [0.5, 0.6) is 0 Å². The Labute approximate surface area is 120 Å². The van der Waals surface area contributed by atoms with E-state index in [4.69, 9.17) is 0 Å². The predicted molar refractivity (Wildman–Crippen MR) is 82.1 cm³/mol. The van der Waals surface area contributed by atoms with E-state index in [1.165, 1.54) is 11.1 Å². The van der Waals surface area contributed by atoms with E-state index >= 15 is 0 Å². The summed E-state index contributed by atoms with van der Waals surface area (Å²) in [6.45, 7) is 6.46. The SMILES string of the molecule is CCc1ccc(Cc2ncnc(NC)c2C(C)C)nc1. The molecule has 2 aromatic heterocycles. The van der Waals surface area contributed by atoms with E-state index in [-0.39, 0.29) is 0 Å². The Morgan fingerprint density at radius 1 is 1.15 bits per heavy atom. The van der Waals surface area contributed by atoms with E-state index in [0.29, 0.717) is 5.92 Å². The number of nitrogens with one attached hydrogen (secondary N) is 1. The molecule has 4 nitrogen and oxygen atoms in total. The Kier molecular flexibility index (Phi) is 4.66. The third-order valence-corrected chi connectivity index (χ3v) is 3.42. The van der Waals surface area contributed by atoms with Crippen LogP contribution in [0.25, 0.3) is 0 Å². The monoisotopic (exact) mass is 270 g/mol. The van der Waals surface area contributed by atoms with Gasteiger partial charge >= 0.3 is 0 Å². The molecular formula is C16H22N4. The average Bonchev–Trinajstić information content (AvgIpc) is 2.47. The van der Waals surface area contributed by atoms with Crippen molar-refractivity contribution >= 4 is 5.82 Å². The molecule has 0 bridgehead atoms. The number of rotatable bonds is 5. The van der Waals surface area contributed by atoms with Crippen molar-refractivity contribution in [1.29, 1.82) is 0 Å². The van der Waals surface area contributed by atoms with Crippen molar-refractivity contribution in [1.82, 2.24) is 15.0 Å². The lowest BCUT2D eigenvalue weighted by Crippen LogP contribution is -2.08. The van der Waals surface area contributed by atoms with Crippen molar-refractivity contribution in [3.05, 3.63) is 47.2 Å². The fraction of sp³-hybridized carbons (Fsp3) is 0.438. The van der Waals surface area contributed by atoms with Gasteiger partial charge in [0.15, 0.2) is 0 Å². The van der Waals surface area contributed by atoms with Gasteiger partial charge in [-0.05, 0) is 24.0 Å². The summed E-state index contributed by atoms with van der Waals surface area (Å²) < 4.78 is 0. The van der Waals surface area contributed by atoms with Gasteiger partial charge in [0, 0.05) is 30.9 Å². The highest BCUT2D eigenvalue weighted by Gasteiger charge is 2.14. The van der Waals surface area contributed by atoms with Crippen LogP contribution in [0.4, 0.5) is 5.82 Å². The molecule has 0 unspecified atom stereocenters. The fourth-order valence-corrected chi connectivity index (χ4v) is 2.32. The third-order valence-electron chi connectivity index (χ3n) is 3.42. The van der Waals surface area contributed by atoms with Crippen molar-refractivity contribution in [2.45, 2.75) is 39.5 Å². The van der Waals surface area contributed by atoms with Gasteiger partial charge in [0.2, 0.25) is 0 Å². The first-order chi connectivity index (χ1) is 9.65. The van der Waals surface area contributed by atoms with E-state index in [2.05, 4.69) is 53.2 Å². The highest BCUT2D eigenvalue weighted by Crippen LogP contribution is 2.25. The van der Waals surface area contributed by atoms with Gasteiger partial charge in [-0.3, -0.25) is 4.98 Å². The van der Waals surface area contributed by atoms with Crippen LogP contribution in [0.15, 0.2) is 24.7 Å². The molecule has 4 heteroatoms. The van der Waals surface area contributed by atoms with Crippen LogP contribution in [0.1, 0.15) is 49.2 Å². The van der Waals surface area contributed by atoms with Crippen molar-refractivity contribution in [3.8, 4) is 0 Å². The largest absolute Gasteiger partial charge is 0.373 e. The molecule has 2 aromatic rings. The molecule has 0 aliphatic heterocycles. The van der Waals surface area contributed by atoms with Gasteiger partial charge in [-0.25, -0.2) is 9.97 Å². The van der Waals surface area contributed by atoms with Gasteiger partial charge in [0.1, 0.15) is 12.1 Å². The van der Waals surface area contributed by atoms with Crippen LogP contribution in [-0.4, -0.2) is 22.0 Å². The second kappa shape index (κ2) is 6.46. The second-order valence-corrected chi connectivity index (χ2v) is 5.18. The summed E-state index contributed by atoms with van der Waals surface area (Å²) >= 11 is 0. The Bertz CT molecular complexity index is 561. The molecule has 0 aliphatic rings. The van der Waals surface area contributed by atoms with Crippen LogP contribution in [0.2, 0.25) is 0 Å². The van der Waals surface area contributed by atoms with Crippen molar-refractivity contribution < 1.29 is 0 Å². The highest BCUT2D eigenvalue weighted by molar-refractivity contribution is 5.48. The Morgan fingerprint density at radius 2 is 1.95 bits per heavy atom. The summed E-state index contributed by atoms with van der Waals surface area (Å²) in [7, 11) is 1.90. The van der Waals surface area contributed by atoms with E-state index in [1.54, 1.807) is 6.33 Å². The minimum Gasteiger partial charge on any atom is -0.373 e. The molecule has 1 N–H and O–H groups in total. The summed E-state index contributed by atoms with van der Waals surface area (Å²) in [4.78, 5) is 13.3. The van der Waals surface area contributed by atoms with Crippen LogP contribution < -0.4 is 5.32 Å². The first-order valence-corrected chi connectivity index (χ1v) is 7.11. The minimum atomic E-state index is 0.378. The fourth-order valence-electron chi connectivity index (χ4n) is 2.32. The molecule has 106 valence electrons.